The molecule has 412 valence electrons. The highest BCUT2D eigenvalue weighted by molar-refractivity contribution is 6.98. The third-order valence-corrected chi connectivity index (χ3v) is 46.9. The standard InChI is InChI=1S/C24H42O3Si4.3C8H24O2Si3/c1-28(2,3)22-16-15-21-25-31(23-17-11-9-12-18-23,24-19-13-10-14-20-24)27-30(7,8)26-29(4,5)6;3*1-11(2,3)9-13(7,8)10-12(4,5)6/h9-14,17-20H,15-16,21-22H2,1-8H3;3*1-8H3. The van der Waals surface area contributed by atoms with Gasteiger partial charge in [-0.3, -0.25) is 0 Å². The molecule has 2 aromatic rings. The van der Waals surface area contributed by atoms with Gasteiger partial charge in [0.2, 0.25) is 0 Å². The highest BCUT2D eigenvalue weighted by atomic mass is 28.5. The third kappa shape index (κ3) is 42.1. The molecule has 9 nitrogen and oxygen atoms in total. The van der Waals surface area contributed by atoms with Gasteiger partial charge in [0.25, 0.3) is 0 Å². The smallest absolute Gasteiger partial charge is 0.398 e. The molecule has 0 atom stereocenters. The molecule has 0 aliphatic rings. The molecule has 0 heterocycles. The lowest BCUT2D eigenvalue weighted by Gasteiger charge is -2.40. The molecular weight excluding hydrogens is 1090 g/mol. The summed E-state index contributed by atoms with van der Waals surface area (Å²) in [5.41, 5.74) is 0. The van der Waals surface area contributed by atoms with Crippen LogP contribution in [0, 0.1) is 0 Å². The fraction of sp³-hybridized carbons (Fsp3) is 0.750. The van der Waals surface area contributed by atoms with Crippen molar-refractivity contribution in [3.05, 3.63) is 60.7 Å². The Morgan fingerprint density at radius 3 is 0.686 bits per heavy atom. The van der Waals surface area contributed by atoms with Crippen LogP contribution in [-0.4, -0.2) is 116 Å². The van der Waals surface area contributed by atoms with Gasteiger partial charge in [0.05, 0.1) is 0 Å². The topological polar surface area (TPSA) is 83.1 Å². The monoisotopic (exact) mass is 1200 g/mol. The highest BCUT2D eigenvalue weighted by Crippen LogP contribution is 2.25. The molecule has 0 bridgehead atoms. The summed E-state index contributed by atoms with van der Waals surface area (Å²) in [6, 6.07) is 22.5. The van der Waals surface area contributed by atoms with Gasteiger partial charge in [-0.25, -0.2) is 0 Å². The van der Waals surface area contributed by atoms with Crippen LogP contribution < -0.4 is 10.4 Å². The summed E-state index contributed by atoms with van der Waals surface area (Å²) in [4.78, 5) is 0. The quantitative estimate of drug-likeness (QED) is 0.0754. The predicted molar refractivity (Wildman–Crippen MR) is 343 cm³/mol. The lowest BCUT2D eigenvalue weighted by atomic mass is 10.4. The second-order valence-electron chi connectivity index (χ2n) is 28.4. The van der Waals surface area contributed by atoms with Crippen LogP contribution in [0.25, 0.3) is 0 Å². The van der Waals surface area contributed by atoms with Crippen LogP contribution in [0.5, 0.6) is 0 Å². The van der Waals surface area contributed by atoms with E-state index in [0.29, 0.717) is 0 Å². The van der Waals surface area contributed by atoms with E-state index in [4.69, 9.17) is 37.3 Å². The van der Waals surface area contributed by atoms with Crippen LogP contribution in [0.15, 0.2) is 60.7 Å². The minimum Gasteiger partial charge on any atom is -0.437 e. The third-order valence-electron chi connectivity index (χ3n) is 8.19. The van der Waals surface area contributed by atoms with Crippen LogP contribution in [0.4, 0.5) is 0 Å². The maximum Gasteiger partial charge on any atom is 0.398 e. The molecule has 0 radical (unpaired) electrons. The number of unbranched alkanes of at least 4 members (excludes halogenated alkanes) is 1. The Hall–Kier alpha value is 0.899. The van der Waals surface area contributed by atoms with Crippen molar-refractivity contribution in [1.29, 1.82) is 0 Å². The van der Waals surface area contributed by atoms with E-state index < -0.39 is 109 Å². The first-order chi connectivity index (χ1) is 30.6. The van der Waals surface area contributed by atoms with Gasteiger partial charge in [-0.1, -0.05) is 92.8 Å². The minimum atomic E-state index is -2.91. The van der Waals surface area contributed by atoms with Crippen molar-refractivity contribution in [2.75, 3.05) is 6.61 Å². The van der Waals surface area contributed by atoms with Gasteiger partial charge in [-0.15, -0.1) is 0 Å². The number of rotatable bonds is 24. The average molecular weight is 1200 g/mol. The minimum absolute atomic E-state index is 0.720. The maximum absolute atomic E-state index is 7.10. The summed E-state index contributed by atoms with van der Waals surface area (Å²) in [6.45, 7) is 71.9. The Kier molecular flexibility index (Phi) is 29.7. The first kappa shape index (κ1) is 73.0. The molecule has 0 unspecified atom stereocenters. The van der Waals surface area contributed by atoms with E-state index in [-0.39, 0.29) is 0 Å². The summed E-state index contributed by atoms with van der Waals surface area (Å²) in [6.07, 6.45) is 2.29. The molecule has 0 fully saturated rings. The SMILES string of the molecule is C[Si](C)(C)CCCCO[Si](O[Si](C)(C)O[Si](C)(C)C)(c1ccccc1)c1ccccc1.C[Si](C)(C)O[Si](C)(C)O[Si](C)(C)C.C[Si](C)(C)O[Si](C)(C)O[Si](C)(C)C.C[Si](C)(C)O[Si](C)(C)O[Si](C)(C)C. The molecule has 22 heteroatoms. The summed E-state index contributed by atoms with van der Waals surface area (Å²) < 4.78 is 57.1. The van der Waals surface area contributed by atoms with Crippen LogP contribution in [-0.2, 0) is 37.3 Å². The van der Waals surface area contributed by atoms with E-state index in [1.54, 1.807) is 0 Å². The summed E-state index contributed by atoms with van der Waals surface area (Å²) >= 11 is 0. The van der Waals surface area contributed by atoms with Gasteiger partial charge in [0.1, 0.15) is 0 Å². The van der Waals surface area contributed by atoms with E-state index in [0.717, 1.165) is 23.4 Å². The molecule has 0 saturated carbocycles. The Bertz CT molecular complexity index is 1540. The van der Waals surface area contributed by atoms with Crippen molar-refractivity contribution in [2.45, 2.75) is 228 Å². The molecular formula is C48H114O9Si13. The number of hydrogen-bond donors (Lipinski definition) is 0. The van der Waals surface area contributed by atoms with E-state index >= 15 is 0 Å². The summed E-state index contributed by atoms with van der Waals surface area (Å²) in [5.74, 6) is 0. The Balaban J connectivity index is 0. The first-order valence-electron chi connectivity index (χ1n) is 25.9. The van der Waals surface area contributed by atoms with Crippen LogP contribution >= 0.6 is 0 Å². The van der Waals surface area contributed by atoms with E-state index in [1.165, 1.54) is 12.5 Å². The fourth-order valence-electron chi connectivity index (χ4n) is 8.36. The van der Waals surface area contributed by atoms with E-state index in [1.807, 2.05) is 0 Å². The zero-order chi connectivity index (χ0) is 55.9. The predicted octanol–water partition coefficient (Wildman–Crippen LogP) is 16.1. The molecule has 2 aromatic carbocycles. The second-order valence-corrected chi connectivity index (χ2v) is 84.0. The summed E-state index contributed by atoms with van der Waals surface area (Å²) in [7, 11) is -22.3. The van der Waals surface area contributed by atoms with Crippen molar-refractivity contribution in [3.8, 4) is 0 Å². The van der Waals surface area contributed by atoms with Crippen molar-refractivity contribution < 1.29 is 37.3 Å². The van der Waals surface area contributed by atoms with Crippen LogP contribution in [0.3, 0.4) is 0 Å². The molecule has 70 heavy (non-hydrogen) atoms. The first-order valence-corrected chi connectivity index (χ1v) is 66.6. The Morgan fingerprint density at radius 1 is 0.271 bits per heavy atom. The largest absolute Gasteiger partial charge is 0.437 e. The van der Waals surface area contributed by atoms with Gasteiger partial charge in [-0.05, 0) is 207 Å². The zero-order valence-electron chi connectivity index (χ0n) is 51.8. The van der Waals surface area contributed by atoms with Crippen molar-refractivity contribution in [1.82, 2.24) is 0 Å². The maximum atomic E-state index is 7.10. The average Bonchev–Trinajstić information content (AvgIpc) is 3.01. The lowest BCUT2D eigenvalue weighted by Crippen LogP contribution is -2.68. The second kappa shape index (κ2) is 28.5. The van der Waals surface area contributed by atoms with Gasteiger partial charge in [0, 0.05) is 14.7 Å². The Labute approximate surface area is 449 Å². The van der Waals surface area contributed by atoms with Gasteiger partial charge >= 0.3 is 42.8 Å². The van der Waals surface area contributed by atoms with Crippen molar-refractivity contribution in [2.24, 2.45) is 0 Å². The van der Waals surface area contributed by atoms with E-state index in [9.17, 15) is 0 Å². The van der Waals surface area contributed by atoms with E-state index in [2.05, 4.69) is 270 Å². The molecule has 0 spiro atoms. The molecule has 2 rings (SSSR count). The van der Waals surface area contributed by atoms with Crippen molar-refractivity contribution >= 4 is 119 Å². The molecule has 0 aromatic heterocycles. The van der Waals surface area contributed by atoms with Crippen LogP contribution in [0.1, 0.15) is 12.8 Å². The zero-order valence-corrected chi connectivity index (χ0v) is 64.8. The lowest BCUT2D eigenvalue weighted by molar-refractivity contribution is 0.238. The molecule has 0 N–H and O–H groups in total. The van der Waals surface area contributed by atoms with Crippen molar-refractivity contribution in [3.63, 3.8) is 0 Å². The number of hydrogen-bond acceptors (Lipinski definition) is 9. The van der Waals surface area contributed by atoms with Gasteiger partial charge in [0.15, 0.2) is 58.2 Å². The molecule has 0 aliphatic heterocycles. The van der Waals surface area contributed by atoms with Gasteiger partial charge < -0.3 is 37.3 Å². The molecule has 0 saturated heterocycles. The normalized spacial score (nSPS) is 14.2. The van der Waals surface area contributed by atoms with Gasteiger partial charge in [-0.2, -0.15) is 0 Å². The number of benzene rings is 2. The molecule has 0 aliphatic carbocycles. The Morgan fingerprint density at radius 2 is 0.486 bits per heavy atom. The van der Waals surface area contributed by atoms with Crippen LogP contribution in [0.2, 0.25) is 216 Å². The molecule has 0 amide bonds. The summed E-state index contributed by atoms with van der Waals surface area (Å²) in [5, 5.41) is 2.32. The highest BCUT2D eigenvalue weighted by Gasteiger charge is 2.49. The fourth-order valence-corrected chi connectivity index (χ4v) is 59.4.